The van der Waals surface area contributed by atoms with Crippen molar-refractivity contribution in [1.82, 2.24) is 0 Å². The Morgan fingerprint density at radius 1 is 1.31 bits per heavy atom. The molecule has 0 saturated heterocycles. The number of hydrogen-bond donors (Lipinski definition) is 2. The lowest BCUT2D eigenvalue weighted by Gasteiger charge is -2.26. The zero-order valence-corrected chi connectivity index (χ0v) is 8.76. The highest BCUT2D eigenvalue weighted by molar-refractivity contribution is 4.95. The Morgan fingerprint density at radius 3 is 2.46 bits per heavy atom. The van der Waals surface area contributed by atoms with Gasteiger partial charge >= 0.3 is 0 Å². The van der Waals surface area contributed by atoms with E-state index in [1.165, 1.54) is 32.1 Å². The summed E-state index contributed by atoms with van der Waals surface area (Å²) in [7, 11) is 0. The Morgan fingerprint density at radius 2 is 2.00 bits per heavy atom. The molecule has 1 rings (SSSR count). The molecule has 0 aliphatic heterocycles. The second-order valence-electron chi connectivity index (χ2n) is 4.39. The second kappa shape index (κ2) is 4.97. The highest BCUT2D eigenvalue weighted by Crippen LogP contribution is 2.41. The van der Waals surface area contributed by atoms with Crippen molar-refractivity contribution in [2.24, 2.45) is 11.7 Å². The summed E-state index contributed by atoms with van der Waals surface area (Å²) in [5, 5.41) is 10.1. The molecular weight excluding hydrogens is 162 g/mol. The van der Waals surface area contributed by atoms with Crippen LogP contribution in [0.1, 0.15) is 51.9 Å². The molecule has 0 radical (unpaired) electrons. The predicted molar refractivity (Wildman–Crippen MR) is 55.5 cm³/mol. The second-order valence-corrected chi connectivity index (χ2v) is 4.39. The maximum atomic E-state index is 10.1. The zero-order valence-electron chi connectivity index (χ0n) is 8.76. The molecule has 0 spiro atoms. The lowest BCUT2D eigenvalue weighted by Crippen LogP contribution is -2.39. The Balaban J connectivity index is 2.15. The molecule has 0 amide bonds. The number of hydrogen-bond acceptors (Lipinski definition) is 2. The average Bonchev–Trinajstić information content (AvgIpc) is 2.95. The highest BCUT2D eigenvalue weighted by Gasteiger charge is 2.41. The van der Waals surface area contributed by atoms with Crippen molar-refractivity contribution >= 4 is 0 Å². The fourth-order valence-corrected chi connectivity index (χ4v) is 1.95. The van der Waals surface area contributed by atoms with E-state index in [2.05, 4.69) is 6.92 Å². The third-order valence-corrected chi connectivity index (χ3v) is 3.15. The van der Waals surface area contributed by atoms with Gasteiger partial charge in [0.05, 0.1) is 5.60 Å². The van der Waals surface area contributed by atoms with Gasteiger partial charge in [0.2, 0.25) is 0 Å². The maximum absolute atomic E-state index is 10.1. The predicted octanol–water partition coefficient (Wildman–Crippen LogP) is 2.06. The summed E-state index contributed by atoms with van der Waals surface area (Å²) in [5.41, 5.74) is 5.09. The molecule has 0 heterocycles. The van der Waals surface area contributed by atoms with E-state index >= 15 is 0 Å². The van der Waals surface area contributed by atoms with Crippen LogP contribution in [0.3, 0.4) is 0 Å². The van der Waals surface area contributed by atoms with Crippen LogP contribution in [0.5, 0.6) is 0 Å². The fraction of sp³-hybridized carbons (Fsp3) is 1.00. The maximum Gasteiger partial charge on any atom is 0.0797 e. The van der Waals surface area contributed by atoms with Crippen molar-refractivity contribution in [1.29, 1.82) is 0 Å². The number of aliphatic hydroxyl groups is 1. The number of rotatable bonds is 7. The molecule has 2 heteroatoms. The van der Waals surface area contributed by atoms with E-state index in [-0.39, 0.29) is 0 Å². The number of nitrogens with two attached hydrogens (primary N) is 1. The van der Waals surface area contributed by atoms with Crippen LogP contribution >= 0.6 is 0 Å². The van der Waals surface area contributed by atoms with Crippen molar-refractivity contribution < 1.29 is 5.11 Å². The first-order valence-corrected chi connectivity index (χ1v) is 5.65. The topological polar surface area (TPSA) is 46.2 Å². The molecule has 78 valence electrons. The largest absolute Gasteiger partial charge is 0.388 e. The van der Waals surface area contributed by atoms with E-state index in [1.54, 1.807) is 0 Å². The third kappa shape index (κ3) is 3.28. The van der Waals surface area contributed by atoms with Crippen LogP contribution in [0, 0.1) is 5.92 Å². The van der Waals surface area contributed by atoms with Crippen molar-refractivity contribution in [3.05, 3.63) is 0 Å². The highest BCUT2D eigenvalue weighted by atomic mass is 16.3. The minimum atomic E-state index is -0.520. The van der Waals surface area contributed by atoms with E-state index < -0.39 is 5.60 Å². The molecule has 1 atom stereocenters. The summed E-state index contributed by atoms with van der Waals surface area (Å²) < 4.78 is 0. The quantitative estimate of drug-likeness (QED) is 0.596. The van der Waals surface area contributed by atoms with E-state index in [1.807, 2.05) is 0 Å². The lowest BCUT2D eigenvalue weighted by molar-refractivity contribution is 0.0154. The van der Waals surface area contributed by atoms with E-state index in [4.69, 9.17) is 5.73 Å². The standard InChI is InChI=1S/C11H23NO/c1-2-3-4-5-8-11(13,9-12)10-6-7-10/h10,13H,2-9,12H2,1H3. The smallest absolute Gasteiger partial charge is 0.0797 e. The van der Waals surface area contributed by atoms with Crippen molar-refractivity contribution in [2.45, 2.75) is 57.5 Å². The molecule has 1 fully saturated rings. The fourth-order valence-electron chi connectivity index (χ4n) is 1.95. The van der Waals surface area contributed by atoms with Gasteiger partial charge in [0, 0.05) is 6.54 Å². The van der Waals surface area contributed by atoms with Crippen molar-refractivity contribution in [3.63, 3.8) is 0 Å². The summed E-state index contributed by atoms with van der Waals surface area (Å²) in [6.45, 7) is 2.65. The van der Waals surface area contributed by atoms with Crippen LogP contribution in [0.2, 0.25) is 0 Å². The Labute approximate surface area is 81.5 Å². The molecule has 0 aromatic rings. The van der Waals surface area contributed by atoms with Gasteiger partial charge in [-0.25, -0.2) is 0 Å². The normalized spacial score (nSPS) is 21.5. The molecular formula is C11H23NO. The van der Waals surface area contributed by atoms with Gasteiger partial charge in [-0.05, 0) is 25.2 Å². The van der Waals surface area contributed by atoms with Crippen LogP contribution in [0.15, 0.2) is 0 Å². The van der Waals surface area contributed by atoms with Gasteiger partial charge in [0.25, 0.3) is 0 Å². The van der Waals surface area contributed by atoms with Gasteiger partial charge in [-0.2, -0.15) is 0 Å². The first-order chi connectivity index (χ1) is 6.23. The zero-order chi connectivity index (χ0) is 9.73. The molecule has 0 aromatic carbocycles. The Bertz CT molecular complexity index is 145. The van der Waals surface area contributed by atoms with Crippen molar-refractivity contribution in [2.75, 3.05) is 6.54 Å². The summed E-state index contributed by atoms with van der Waals surface area (Å²) in [5.74, 6) is 0.513. The summed E-state index contributed by atoms with van der Waals surface area (Å²) in [6, 6.07) is 0. The average molecular weight is 185 g/mol. The van der Waals surface area contributed by atoms with Gasteiger partial charge in [-0.3, -0.25) is 0 Å². The van der Waals surface area contributed by atoms with Crippen LogP contribution in [0.25, 0.3) is 0 Å². The van der Waals surface area contributed by atoms with E-state index in [0.717, 1.165) is 12.8 Å². The molecule has 0 aromatic heterocycles. The van der Waals surface area contributed by atoms with Crippen molar-refractivity contribution in [3.8, 4) is 0 Å². The van der Waals surface area contributed by atoms with Gasteiger partial charge < -0.3 is 10.8 Å². The third-order valence-electron chi connectivity index (χ3n) is 3.15. The lowest BCUT2D eigenvalue weighted by atomic mass is 9.91. The minimum absolute atomic E-state index is 0.448. The first kappa shape index (κ1) is 11.0. The Kier molecular flexibility index (Phi) is 4.20. The van der Waals surface area contributed by atoms with Gasteiger partial charge in [-0.1, -0.05) is 32.6 Å². The molecule has 1 aliphatic carbocycles. The van der Waals surface area contributed by atoms with Crippen LogP contribution in [-0.4, -0.2) is 17.3 Å². The van der Waals surface area contributed by atoms with Crippen LogP contribution in [0.4, 0.5) is 0 Å². The van der Waals surface area contributed by atoms with Crippen LogP contribution < -0.4 is 5.73 Å². The SMILES string of the molecule is CCCCCCC(O)(CN)C1CC1. The Hall–Kier alpha value is -0.0800. The molecule has 1 unspecified atom stereocenters. The molecule has 13 heavy (non-hydrogen) atoms. The summed E-state index contributed by atoms with van der Waals surface area (Å²) in [6.07, 6.45) is 8.19. The molecule has 1 aliphatic rings. The molecule has 3 N–H and O–H groups in total. The van der Waals surface area contributed by atoms with Gasteiger partial charge in [0.15, 0.2) is 0 Å². The first-order valence-electron chi connectivity index (χ1n) is 5.65. The molecule has 2 nitrogen and oxygen atoms in total. The summed E-state index contributed by atoms with van der Waals surface area (Å²) in [4.78, 5) is 0. The van der Waals surface area contributed by atoms with Gasteiger partial charge in [0.1, 0.15) is 0 Å². The molecule has 0 bridgehead atoms. The van der Waals surface area contributed by atoms with Gasteiger partial charge in [-0.15, -0.1) is 0 Å². The van der Waals surface area contributed by atoms with E-state index in [0.29, 0.717) is 12.5 Å². The minimum Gasteiger partial charge on any atom is -0.388 e. The molecule has 1 saturated carbocycles. The number of unbranched alkanes of at least 4 members (excludes halogenated alkanes) is 3. The monoisotopic (exact) mass is 185 g/mol. The van der Waals surface area contributed by atoms with Crippen LogP contribution in [-0.2, 0) is 0 Å². The van der Waals surface area contributed by atoms with E-state index in [9.17, 15) is 5.11 Å². The summed E-state index contributed by atoms with van der Waals surface area (Å²) >= 11 is 0.